The number of nitrogens with zero attached hydrogens (tertiary/aromatic N) is 2. The molecule has 0 fully saturated rings. The summed E-state index contributed by atoms with van der Waals surface area (Å²) >= 11 is 0. The van der Waals surface area contributed by atoms with Crippen LogP contribution in [0.1, 0.15) is 34.7 Å². The van der Waals surface area contributed by atoms with Crippen molar-refractivity contribution in [2.75, 3.05) is 0 Å². The van der Waals surface area contributed by atoms with E-state index in [-0.39, 0.29) is 0 Å². The zero-order valence-electron chi connectivity index (χ0n) is 15.6. The molecular formula is C24H22N2. The largest absolute Gasteiger partial charge is 0.246 e. The van der Waals surface area contributed by atoms with E-state index in [1.807, 2.05) is 0 Å². The summed E-state index contributed by atoms with van der Waals surface area (Å²) in [5.74, 6) is 0. The van der Waals surface area contributed by atoms with Crippen LogP contribution in [-0.2, 0) is 19.3 Å². The third-order valence-corrected chi connectivity index (χ3v) is 5.79. The molecule has 128 valence electrons. The number of rotatable bonds is 1. The van der Waals surface area contributed by atoms with Gasteiger partial charge in [-0.2, -0.15) is 0 Å². The number of para-hydroxylation sites is 2. The van der Waals surface area contributed by atoms with Crippen molar-refractivity contribution in [2.45, 2.75) is 40.0 Å². The van der Waals surface area contributed by atoms with E-state index in [2.05, 4.69) is 63.2 Å². The van der Waals surface area contributed by atoms with E-state index in [1.54, 1.807) is 0 Å². The predicted molar refractivity (Wildman–Crippen MR) is 109 cm³/mol. The molecule has 0 spiro atoms. The molecule has 2 heteroatoms. The highest BCUT2D eigenvalue weighted by Gasteiger charge is 2.24. The van der Waals surface area contributed by atoms with Gasteiger partial charge in [-0.05, 0) is 67.0 Å². The number of benzene rings is 2. The Hall–Kier alpha value is -2.74. The molecule has 0 saturated heterocycles. The van der Waals surface area contributed by atoms with Gasteiger partial charge in [0, 0.05) is 10.8 Å². The summed E-state index contributed by atoms with van der Waals surface area (Å²) in [6, 6.07) is 15.3. The molecule has 0 N–H and O–H groups in total. The second-order valence-electron chi connectivity index (χ2n) is 7.38. The van der Waals surface area contributed by atoms with E-state index in [1.165, 1.54) is 38.6 Å². The molecule has 2 heterocycles. The van der Waals surface area contributed by atoms with Gasteiger partial charge in [0.2, 0.25) is 0 Å². The molecule has 0 saturated carbocycles. The Kier molecular flexibility index (Phi) is 3.36. The van der Waals surface area contributed by atoms with Gasteiger partial charge in [-0.3, -0.25) is 0 Å². The summed E-state index contributed by atoms with van der Waals surface area (Å²) in [6.45, 7) is 6.55. The average molecular weight is 338 g/mol. The first kappa shape index (κ1) is 15.5. The maximum Gasteiger partial charge on any atom is 0.0931 e. The van der Waals surface area contributed by atoms with Gasteiger partial charge >= 0.3 is 0 Å². The molecule has 26 heavy (non-hydrogen) atoms. The van der Waals surface area contributed by atoms with Crippen molar-refractivity contribution < 1.29 is 0 Å². The first-order chi connectivity index (χ1) is 12.7. The van der Waals surface area contributed by atoms with Crippen molar-refractivity contribution >= 4 is 21.8 Å². The van der Waals surface area contributed by atoms with E-state index in [9.17, 15) is 0 Å². The molecule has 0 aliphatic heterocycles. The first-order valence-electron chi connectivity index (χ1n) is 9.48. The third kappa shape index (κ3) is 2.11. The van der Waals surface area contributed by atoms with Crippen LogP contribution >= 0.6 is 0 Å². The highest BCUT2D eigenvalue weighted by Crippen LogP contribution is 2.38. The van der Waals surface area contributed by atoms with E-state index < -0.39 is 0 Å². The fourth-order valence-electron chi connectivity index (χ4n) is 4.45. The quantitative estimate of drug-likeness (QED) is 0.443. The molecule has 5 rings (SSSR count). The first-order valence-corrected chi connectivity index (χ1v) is 9.48. The predicted octanol–water partition coefficient (Wildman–Crippen LogP) is 5.73. The number of pyridine rings is 2. The molecule has 0 bridgehead atoms. The molecule has 1 aliphatic rings. The number of aromatic nitrogens is 2. The number of hydrogen-bond acceptors (Lipinski definition) is 2. The molecule has 0 radical (unpaired) electrons. The Labute approximate surface area is 153 Å². The van der Waals surface area contributed by atoms with E-state index in [0.29, 0.717) is 0 Å². The van der Waals surface area contributed by atoms with Crippen molar-refractivity contribution in [3.63, 3.8) is 0 Å². The smallest absolute Gasteiger partial charge is 0.0931 e. The van der Waals surface area contributed by atoms with Gasteiger partial charge in [-0.25, -0.2) is 9.97 Å². The lowest BCUT2D eigenvalue weighted by Gasteiger charge is -2.23. The van der Waals surface area contributed by atoms with E-state index in [4.69, 9.17) is 9.97 Å². The normalized spacial score (nSPS) is 13.0. The lowest BCUT2D eigenvalue weighted by molar-refractivity contribution is 0.899. The van der Waals surface area contributed by atoms with Crippen LogP contribution in [0.5, 0.6) is 0 Å². The van der Waals surface area contributed by atoms with Crippen LogP contribution in [0.25, 0.3) is 33.2 Å². The molecule has 1 aliphatic carbocycles. The second-order valence-corrected chi connectivity index (χ2v) is 7.38. The molecule has 2 nitrogen and oxygen atoms in total. The maximum absolute atomic E-state index is 5.14. The van der Waals surface area contributed by atoms with Gasteiger partial charge in [-0.1, -0.05) is 43.3 Å². The van der Waals surface area contributed by atoms with Crippen molar-refractivity contribution in [1.29, 1.82) is 0 Å². The minimum atomic E-state index is 1.03. The van der Waals surface area contributed by atoms with Crippen molar-refractivity contribution in [2.24, 2.45) is 0 Å². The van der Waals surface area contributed by atoms with Crippen LogP contribution in [0.2, 0.25) is 0 Å². The number of fused-ring (bicyclic) bond motifs is 5. The summed E-state index contributed by atoms with van der Waals surface area (Å²) < 4.78 is 0. The Morgan fingerprint density at radius 2 is 1.58 bits per heavy atom. The molecule has 4 aromatic rings. The Morgan fingerprint density at radius 3 is 2.38 bits per heavy atom. The number of aryl methyl sites for hydroxylation is 4. The van der Waals surface area contributed by atoms with Crippen molar-refractivity contribution in [1.82, 2.24) is 9.97 Å². The fourth-order valence-corrected chi connectivity index (χ4v) is 4.45. The van der Waals surface area contributed by atoms with Crippen molar-refractivity contribution in [3.8, 4) is 11.4 Å². The van der Waals surface area contributed by atoms with Gasteiger partial charge in [0.15, 0.2) is 0 Å². The zero-order valence-corrected chi connectivity index (χ0v) is 15.6. The van der Waals surface area contributed by atoms with Crippen LogP contribution in [0.3, 0.4) is 0 Å². The van der Waals surface area contributed by atoms with Crippen LogP contribution in [-0.4, -0.2) is 9.97 Å². The van der Waals surface area contributed by atoms with Gasteiger partial charge in [0.05, 0.1) is 22.4 Å². The minimum absolute atomic E-state index is 1.03. The second kappa shape index (κ2) is 5.63. The Balaban J connectivity index is 1.90. The minimum Gasteiger partial charge on any atom is -0.246 e. The third-order valence-electron chi connectivity index (χ3n) is 5.79. The van der Waals surface area contributed by atoms with Crippen LogP contribution in [0.15, 0.2) is 42.5 Å². The molecule has 2 aromatic heterocycles. The molecule has 0 amide bonds. The van der Waals surface area contributed by atoms with Crippen molar-refractivity contribution in [3.05, 3.63) is 70.3 Å². The summed E-state index contributed by atoms with van der Waals surface area (Å²) in [7, 11) is 0. The molecule has 2 aromatic carbocycles. The lowest BCUT2D eigenvalue weighted by Crippen LogP contribution is -2.11. The summed E-state index contributed by atoms with van der Waals surface area (Å²) in [5, 5.41) is 2.55. The van der Waals surface area contributed by atoms with Crippen LogP contribution in [0.4, 0.5) is 0 Å². The molecule has 0 unspecified atom stereocenters. The highest BCUT2D eigenvalue weighted by atomic mass is 14.8. The van der Waals surface area contributed by atoms with Gasteiger partial charge in [0.25, 0.3) is 0 Å². The van der Waals surface area contributed by atoms with E-state index >= 15 is 0 Å². The standard InChI is InChI=1S/C24H22N2/c1-4-18-19-10-6-8-15(3)22(19)26-24-20(18)12-11-17-13-16-9-5-7-14(2)21(16)25-23(17)24/h5-10,13H,4,11-12H2,1-3H3. The fraction of sp³-hybridized carbons (Fsp3) is 0.250. The molecular weight excluding hydrogens is 316 g/mol. The van der Waals surface area contributed by atoms with Crippen LogP contribution in [0, 0.1) is 13.8 Å². The molecule has 0 atom stereocenters. The SMILES string of the molecule is CCc1c2c(nc3c(C)cccc13)-c1nc3c(C)cccc3cc1CC2. The van der Waals surface area contributed by atoms with E-state index in [0.717, 1.165) is 41.7 Å². The van der Waals surface area contributed by atoms with Gasteiger partial charge < -0.3 is 0 Å². The van der Waals surface area contributed by atoms with Gasteiger partial charge in [-0.15, -0.1) is 0 Å². The summed E-state index contributed by atoms with van der Waals surface area (Å²) in [4.78, 5) is 10.2. The number of hydrogen-bond donors (Lipinski definition) is 0. The maximum atomic E-state index is 5.14. The monoisotopic (exact) mass is 338 g/mol. The average Bonchev–Trinajstić information content (AvgIpc) is 2.66. The Morgan fingerprint density at radius 1 is 0.846 bits per heavy atom. The summed E-state index contributed by atoms with van der Waals surface area (Å²) in [6.07, 6.45) is 3.14. The topological polar surface area (TPSA) is 25.8 Å². The zero-order chi connectivity index (χ0) is 17.8. The highest BCUT2D eigenvalue weighted by molar-refractivity contribution is 5.92. The summed E-state index contributed by atoms with van der Waals surface area (Å²) in [5.41, 5.74) is 11.1. The van der Waals surface area contributed by atoms with Crippen LogP contribution < -0.4 is 0 Å². The lowest BCUT2D eigenvalue weighted by atomic mass is 9.86. The Bertz CT molecular complexity index is 1190. The van der Waals surface area contributed by atoms with Gasteiger partial charge in [0.1, 0.15) is 0 Å².